The number of piperidine rings is 1. The van der Waals surface area contributed by atoms with E-state index in [4.69, 9.17) is 0 Å². The number of sulfonamides is 1. The Morgan fingerprint density at radius 3 is 2.35 bits per heavy atom. The van der Waals surface area contributed by atoms with Gasteiger partial charge in [0.1, 0.15) is 0 Å². The van der Waals surface area contributed by atoms with Gasteiger partial charge in [-0.1, -0.05) is 37.3 Å². The minimum Gasteiger partial charge on any atom is -0.390 e. The summed E-state index contributed by atoms with van der Waals surface area (Å²) in [5.41, 5.74) is 0.317. The van der Waals surface area contributed by atoms with Crippen LogP contribution in [0.15, 0.2) is 30.3 Å². The fraction of sp³-hybridized carbons (Fsp3) is 0.600. The van der Waals surface area contributed by atoms with Crippen molar-refractivity contribution in [3.8, 4) is 0 Å². The summed E-state index contributed by atoms with van der Waals surface area (Å²) >= 11 is 0. The molecule has 1 aliphatic rings. The molecule has 112 valence electrons. The fourth-order valence-electron chi connectivity index (χ4n) is 2.55. The summed E-state index contributed by atoms with van der Waals surface area (Å²) in [5.74, 6) is 0.0998. The van der Waals surface area contributed by atoms with Crippen molar-refractivity contribution in [2.45, 2.75) is 38.2 Å². The highest BCUT2D eigenvalue weighted by Gasteiger charge is 2.33. The van der Waals surface area contributed by atoms with Gasteiger partial charge in [0.25, 0.3) is 0 Å². The molecule has 1 aromatic rings. The number of aliphatic hydroxyl groups is 1. The van der Waals surface area contributed by atoms with Gasteiger partial charge >= 0.3 is 0 Å². The molecule has 1 aliphatic heterocycles. The Labute approximate surface area is 121 Å². The topological polar surface area (TPSA) is 57.6 Å². The van der Waals surface area contributed by atoms with Crippen LogP contribution in [0.2, 0.25) is 0 Å². The Kier molecular flexibility index (Phi) is 4.52. The van der Waals surface area contributed by atoms with Gasteiger partial charge in [0.05, 0.1) is 11.4 Å². The minimum absolute atomic E-state index is 0.0244. The lowest BCUT2D eigenvalue weighted by Crippen LogP contribution is -2.46. The third-order valence-electron chi connectivity index (χ3n) is 4.02. The molecular weight excluding hydrogens is 274 g/mol. The van der Waals surface area contributed by atoms with E-state index >= 15 is 0 Å². The zero-order valence-corrected chi connectivity index (χ0v) is 12.9. The van der Waals surface area contributed by atoms with E-state index < -0.39 is 15.6 Å². The highest BCUT2D eigenvalue weighted by atomic mass is 32.2. The quantitative estimate of drug-likeness (QED) is 0.924. The Morgan fingerprint density at radius 2 is 1.80 bits per heavy atom. The molecule has 0 spiro atoms. The molecule has 0 amide bonds. The molecular formula is C15H23NO3S. The van der Waals surface area contributed by atoms with E-state index in [0.29, 0.717) is 25.9 Å². The third kappa shape index (κ3) is 3.81. The molecule has 0 saturated carbocycles. The van der Waals surface area contributed by atoms with Gasteiger partial charge < -0.3 is 5.11 Å². The van der Waals surface area contributed by atoms with Crippen LogP contribution >= 0.6 is 0 Å². The molecule has 1 unspecified atom stereocenters. The minimum atomic E-state index is -3.26. The second-order valence-electron chi connectivity index (χ2n) is 5.99. The molecule has 5 heteroatoms. The number of rotatable bonds is 4. The number of hydrogen-bond donors (Lipinski definition) is 1. The number of nitrogens with zero attached hydrogens (tertiary/aromatic N) is 1. The lowest BCUT2D eigenvalue weighted by atomic mass is 9.95. The maximum absolute atomic E-state index is 12.4. The van der Waals surface area contributed by atoms with E-state index in [1.807, 2.05) is 37.3 Å². The molecule has 1 heterocycles. The molecule has 2 rings (SSSR count). The zero-order chi connectivity index (χ0) is 14.8. The Hall–Kier alpha value is -0.910. The zero-order valence-electron chi connectivity index (χ0n) is 12.1. The smallest absolute Gasteiger partial charge is 0.214 e. The lowest BCUT2D eigenvalue weighted by Gasteiger charge is -2.35. The molecule has 1 atom stereocenters. The normalized spacial score (nSPS) is 21.6. The van der Waals surface area contributed by atoms with Crippen molar-refractivity contribution in [2.75, 3.05) is 18.8 Å². The first-order chi connectivity index (χ1) is 9.30. The summed E-state index contributed by atoms with van der Waals surface area (Å²) in [7, 11) is -3.26. The van der Waals surface area contributed by atoms with Crippen LogP contribution in [0.25, 0.3) is 0 Å². The molecule has 1 saturated heterocycles. The molecule has 0 aromatic heterocycles. The predicted molar refractivity (Wildman–Crippen MR) is 80.1 cm³/mol. The van der Waals surface area contributed by atoms with Crippen molar-refractivity contribution in [3.05, 3.63) is 35.9 Å². The van der Waals surface area contributed by atoms with Crippen LogP contribution in [-0.4, -0.2) is 42.3 Å². The van der Waals surface area contributed by atoms with Crippen LogP contribution in [0.3, 0.4) is 0 Å². The largest absolute Gasteiger partial charge is 0.390 e. The molecule has 0 bridgehead atoms. The molecule has 0 aliphatic carbocycles. The van der Waals surface area contributed by atoms with Crippen molar-refractivity contribution >= 4 is 10.0 Å². The maximum atomic E-state index is 12.4. The SMILES string of the molecule is CC(CS(=O)(=O)N1CCC(C)(O)CC1)c1ccccc1. The highest BCUT2D eigenvalue weighted by Crippen LogP contribution is 2.25. The summed E-state index contributed by atoms with van der Waals surface area (Å²) in [5, 5.41) is 9.90. The van der Waals surface area contributed by atoms with Crippen LogP contribution < -0.4 is 0 Å². The van der Waals surface area contributed by atoms with Crippen LogP contribution in [0.1, 0.15) is 38.2 Å². The van der Waals surface area contributed by atoms with Crippen LogP contribution in [0.4, 0.5) is 0 Å². The third-order valence-corrected chi connectivity index (χ3v) is 6.10. The molecule has 1 aromatic carbocycles. The summed E-state index contributed by atoms with van der Waals surface area (Å²) in [6, 6.07) is 9.70. The summed E-state index contributed by atoms with van der Waals surface area (Å²) < 4.78 is 26.4. The first-order valence-corrected chi connectivity index (χ1v) is 8.66. The van der Waals surface area contributed by atoms with Gasteiger partial charge in [0.2, 0.25) is 10.0 Å². The van der Waals surface area contributed by atoms with E-state index in [9.17, 15) is 13.5 Å². The van der Waals surface area contributed by atoms with E-state index in [1.165, 1.54) is 4.31 Å². The van der Waals surface area contributed by atoms with Crippen molar-refractivity contribution in [1.29, 1.82) is 0 Å². The Morgan fingerprint density at radius 1 is 1.25 bits per heavy atom. The fourth-order valence-corrected chi connectivity index (χ4v) is 4.32. The van der Waals surface area contributed by atoms with Crippen LogP contribution in [0, 0.1) is 0 Å². The first kappa shape index (κ1) is 15.5. The highest BCUT2D eigenvalue weighted by molar-refractivity contribution is 7.89. The van der Waals surface area contributed by atoms with E-state index in [2.05, 4.69) is 0 Å². The summed E-state index contributed by atoms with van der Waals surface area (Å²) in [6.07, 6.45) is 1.01. The van der Waals surface area contributed by atoms with Crippen LogP contribution in [-0.2, 0) is 10.0 Å². The molecule has 0 radical (unpaired) electrons. The van der Waals surface area contributed by atoms with Gasteiger partial charge in [-0.2, -0.15) is 0 Å². The van der Waals surface area contributed by atoms with Crippen molar-refractivity contribution in [1.82, 2.24) is 4.31 Å². The summed E-state index contributed by atoms with van der Waals surface area (Å²) in [4.78, 5) is 0. The lowest BCUT2D eigenvalue weighted by molar-refractivity contribution is 0.0126. The average molecular weight is 297 g/mol. The monoisotopic (exact) mass is 297 g/mol. The Balaban J connectivity index is 2.01. The standard InChI is InChI=1S/C15H23NO3S/c1-13(14-6-4-3-5-7-14)12-20(18,19)16-10-8-15(2,17)9-11-16/h3-7,13,17H,8-12H2,1-2H3. The van der Waals surface area contributed by atoms with Gasteiger partial charge in [0.15, 0.2) is 0 Å². The van der Waals surface area contributed by atoms with Crippen molar-refractivity contribution in [3.63, 3.8) is 0 Å². The molecule has 1 N–H and O–H groups in total. The van der Waals surface area contributed by atoms with Crippen molar-refractivity contribution in [2.24, 2.45) is 0 Å². The summed E-state index contributed by atoms with van der Waals surface area (Å²) in [6.45, 7) is 4.53. The molecule has 20 heavy (non-hydrogen) atoms. The first-order valence-electron chi connectivity index (χ1n) is 7.05. The number of benzene rings is 1. The van der Waals surface area contributed by atoms with Gasteiger partial charge in [-0.3, -0.25) is 0 Å². The molecule has 4 nitrogen and oxygen atoms in total. The van der Waals surface area contributed by atoms with Gasteiger partial charge in [0, 0.05) is 13.1 Å². The van der Waals surface area contributed by atoms with E-state index in [1.54, 1.807) is 6.92 Å². The maximum Gasteiger partial charge on any atom is 0.214 e. The second kappa shape index (κ2) is 5.84. The Bertz CT molecular complexity index is 529. The van der Waals surface area contributed by atoms with Gasteiger partial charge in [-0.25, -0.2) is 12.7 Å². The van der Waals surface area contributed by atoms with E-state index in [-0.39, 0.29) is 11.7 Å². The van der Waals surface area contributed by atoms with E-state index in [0.717, 1.165) is 5.56 Å². The molecule has 1 fully saturated rings. The van der Waals surface area contributed by atoms with Crippen molar-refractivity contribution < 1.29 is 13.5 Å². The van der Waals surface area contributed by atoms with Crippen LogP contribution in [0.5, 0.6) is 0 Å². The predicted octanol–water partition coefficient (Wildman–Crippen LogP) is 1.97. The second-order valence-corrected chi connectivity index (χ2v) is 8.00. The number of hydrogen-bond acceptors (Lipinski definition) is 3. The van der Waals surface area contributed by atoms with Gasteiger partial charge in [-0.15, -0.1) is 0 Å². The average Bonchev–Trinajstić information content (AvgIpc) is 2.38. The van der Waals surface area contributed by atoms with Gasteiger partial charge in [-0.05, 0) is 31.2 Å².